The number of rotatable bonds is 0. The molecule has 0 saturated heterocycles. The number of aromatic hydroxyl groups is 1. The minimum atomic E-state index is -4.53. The normalized spacial score (nSPS) is 12.0. The Kier molecular flexibility index (Phi) is 2.65. The summed E-state index contributed by atoms with van der Waals surface area (Å²) in [6.45, 7) is 0. The van der Waals surface area contributed by atoms with Gasteiger partial charge < -0.3 is 9.52 Å². The van der Waals surface area contributed by atoms with Crippen LogP contribution < -0.4 is 5.63 Å². The van der Waals surface area contributed by atoms with Gasteiger partial charge >= 0.3 is 11.8 Å². The van der Waals surface area contributed by atoms with E-state index in [9.17, 15) is 23.1 Å². The highest BCUT2D eigenvalue weighted by Crippen LogP contribution is 2.35. The molecule has 2 rings (SSSR count). The van der Waals surface area contributed by atoms with E-state index in [4.69, 9.17) is 0 Å². The highest BCUT2D eigenvalue weighted by molar-refractivity contribution is 9.10. The molecule has 0 bridgehead atoms. The van der Waals surface area contributed by atoms with Crippen LogP contribution in [0, 0.1) is 0 Å². The van der Waals surface area contributed by atoms with Crippen LogP contribution in [0.3, 0.4) is 0 Å². The molecule has 0 atom stereocenters. The third-order valence-electron chi connectivity index (χ3n) is 2.15. The van der Waals surface area contributed by atoms with E-state index in [0.29, 0.717) is 6.07 Å². The Hall–Kier alpha value is -1.50. The molecule has 1 N–H and O–H groups in total. The zero-order chi connectivity index (χ0) is 12.8. The molecule has 1 aromatic carbocycles. The first-order chi connectivity index (χ1) is 7.80. The van der Waals surface area contributed by atoms with Crippen molar-refractivity contribution in [1.29, 1.82) is 0 Å². The summed E-state index contributed by atoms with van der Waals surface area (Å²) in [4.78, 5) is 11.2. The third kappa shape index (κ3) is 2.02. The van der Waals surface area contributed by atoms with Gasteiger partial charge in [-0.3, -0.25) is 0 Å². The molecule has 90 valence electrons. The van der Waals surface area contributed by atoms with Gasteiger partial charge in [-0.1, -0.05) is 0 Å². The molecular weight excluding hydrogens is 305 g/mol. The van der Waals surface area contributed by atoms with Crippen LogP contribution in [-0.4, -0.2) is 5.11 Å². The Labute approximate surface area is 101 Å². The van der Waals surface area contributed by atoms with Crippen LogP contribution in [0.25, 0.3) is 11.0 Å². The highest BCUT2D eigenvalue weighted by Gasteiger charge is 2.31. The fourth-order valence-electron chi connectivity index (χ4n) is 1.34. The molecular formula is C10H4BrF3O3. The number of halogens is 4. The maximum absolute atomic E-state index is 12.4. The Morgan fingerprint density at radius 3 is 2.53 bits per heavy atom. The van der Waals surface area contributed by atoms with Gasteiger partial charge in [-0.2, -0.15) is 13.2 Å². The maximum Gasteiger partial charge on any atom is 0.416 e. The van der Waals surface area contributed by atoms with Crippen molar-refractivity contribution in [1.82, 2.24) is 0 Å². The first kappa shape index (κ1) is 12.0. The minimum absolute atomic E-state index is 0.0319. The number of hydrogen-bond donors (Lipinski definition) is 1. The van der Waals surface area contributed by atoms with Gasteiger partial charge in [0.25, 0.3) is 0 Å². The van der Waals surface area contributed by atoms with Gasteiger partial charge in [0.1, 0.15) is 15.8 Å². The molecule has 3 nitrogen and oxygen atoms in total. The van der Waals surface area contributed by atoms with Crippen molar-refractivity contribution in [3.63, 3.8) is 0 Å². The molecule has 17 heavy (non-hydrogen) atoms. The Bertz CT molecular complexity index is 646. The van der Waals surface area contributed by atoms with Crippen molar-refractivity contribution >= 4 is 26.9 Å². The maximum atomic E-state index is 12.4. The quantitative estimate of drug-likeness (QED) is 0.760. The van der Waals surface area contributed by atoms with Crippen LogP contribution in [0.15, 0.2) is 31.9 Å². The number of benzene rings is 1. The van der Waals surface area contributed by atoms with Gasteiger partial charge in [0.2, 0.25) is 0 Å². The second-order valence-electron chi connectivity index (χ2n) is 3.26. The van der Waals surface area contributed by atoms with E-state index in [1.165, 1.54) is 0 Å². The monoisotopic (exact) mass is 308 g/mol. The zero-order valence-electron chi connectivity index (χ0n) is 8.01. The van der Waals surface area contributed by atoms with Gasteiger partial charge in [0, 0.05) is 0 Å². The van der Waals surface area contributed by atoms with Gasteiger partial charge in [-0.15, -0.1) is 0 Å². The lowest BCUT2D eigenvalue weighted by Crippen LogP contribution is -2.05. The Morgan fingerprint density at radius 2 is 1.94 bits per heavy atom. The average molecular weight is 309 g/mol. The lowest BCUT2D eigenvalue weighted by atomic mass is 10.1. The minimum Gasteiger partial charge on any atom is -0.506 e. The fourth-order valence-corrected chi connectivity index (χ4v) is 1.63. The van der Waals surface area contributed by atoms with Crippen molar-refractivity contribution in [3.05, 3.63) is 38.7 Å². The molecule has 7 heteroatoms. The smallest absolute Gasteiger partial charge is 0.416 e. The zero-order valence-corrected chi connectivity index (χ0v) is 9.59. The van der Waals surface area contributed by atoms with E-state index in [-0.39, 0.29) is 15.4 Å². The summed E-state index contributed by atoms with van der Waals surface area (Å²) in [5.74, 6) is -0.440. The van der Waals surface area contributed by atoms with E-state index in [1.54, 1.807) is 0 Å². The molecule has 0 unspecified atom stereocenters. The van der Waals surface area contributed by atoms with E-state index in [1.807, 2.05) is 0 Å². The highest BCUT2D eigenvalue weighted by atomic mass is 79.9. The molecule has 0 fully saturated rings. The van der Waals surface area contributed by atoms with Crippen LogP contribution >= 0.6 is 15.9 Å². The van der Waals surface area contributed by atoms with Gasteiger partial charge in [0.05, 0.1) is 10.9 Å². The predicted octanol–water partition coefficient (Wildman–Crippen LogP) is 3.28. The van der Waals surface area contributed by atoms with Crippen molar-refractivity contribution in [2.24, 2.45) is 0 Å². The summed E-state index contributed by atoms with van der Waals surface area (Å²) >= 11 is 2.78. The number of hydrogen-bond acceptors (Lipinski definition) is 3. The molecule has 0 saturated carbocycles. The molecule has 0 aliphatic carbocycles. The van der Waals surface area contributed by atoms with Crippen LogP contribution in [0.4, 0.5) is 13.2 Å². The predicted molar refractivity (Wildman–Crippen MR) is 56.9 cm³/mol. The summed E-state index contributed by atoms with van der Waals surface area (Å²) in [6.07, 6.45) is -4.53. The lowest BCUT2D eigenvalue weighted by Gasteiger charge is -2.07. The second kappa shape index (κ2) is 3.76. The molecule has 0 aliphatic heterocycles. The van der Waals surface area contributed by atoms with E-state index in [0.717, 1.165) is 12.1 Å². The number of fused-ring (bicyclic) bond motifs is 1. The molecule has 0 spiro atoms. The SMILES string of the molecule is O=c1oc2cc(C(F)(F)F)ccc2c(O)c1Br. The van der Waals surface area contributed by atoms with Crippen molar-refractivity contribution in [2.75, 3.05) is 0 Å². The second-order valence-corrected chi connectivity index (χ2v) is 4.05. The summed E-state index contributed by atoms with van der Waals surface area (Å²) < 4.78 is 41.6. The van der Waals surface area contributed by atoms with Gasteiger partial charge in [-0.05, 0) is 34.1 Å². The standard InChI is InChI=1S/C10H4BrF3O3/c11-7-8(15)5-2-1-4(10(12,13)14)3-6(5)17-9(7)16/h1-3,15H. The van der Waals surface area contributed by atoms with Crippen molar-refractivity contribution in [3.8, 4) is 5.75 Å². The molecule has 0 amide bonds. The van der Waals surface area contributed by atoms with Crippen molar-refractivity contribution < 1.29 is 22.7 Å². The average Bonchev–Trinajstić information content (AvgIpc) is 2.24. The third-order valence-corrected chi connectivity index (χ3v) is 2.85. The van der Waals surface area contributed by atoms with E-state index < -0.39 is 23.1 Å². The largest absolute Gasteiger partial charge is 0.506 e. The first-order valence-corrected chi connectivity index (χ1v) is 5.12. The molecule has 0 aliphatic rings. The van der Waals surface area contributed by atoms with Crippen LogP contribution in [0.2, 0.25) is 0 Å². The molecule has 0 radical (unpaired) electrons. The fraction of sp³-hybridized carbons (Fsp3) is 0.100. The van der Waals surface area contributed by atoms with E-state index >= 15 is 0 Å². The van der Waals surface area contributed by atoms with Gasteiger partial charge in [0.15, 0.2) is 0 Å². The summed E-state index contributed by atoms with van der Waals surface area (Å²) in [7, 11) is 0. The van der Waals surface area contributed by atoms with Crippen molar-refractivity contribution in [2.45, 2.75) is 6.18 Å². The van der Waals surface area contributed by atoms with Gasteiger partial charge in [-0.25, -0.2) is 4.79 Å². The molecule has 1 heterocycles. The topological polar surface area (TPSA) is 50.4 Å². The van der Waals surface area contributed by atoms with Crippen LogP contribution in [0.1, 0.15) is 5.56 Å². The van der Waals surface area contributed by atoms with E-state index in [2.05, 4.69) is 20.3 Å². The molecule has 1 aromatic heterocycles. The Morgan fingerprint density at radius 1 is 1.29 bits per heavy atom. The summed E-state index contributed by atoms with van der Waals surface area (Å²) in [5, 5.41) is 9.58. The summed E-state index contributed by atoms with van der Waals surface area (Å²) in [5.41, 5.74) is -2.20. The van der Waals surface area contributed by atoms with Crippen LogP contribution in [-0.2, 0) is 6.18 Å². The first-order valence-electron chi connectivity index (χ1n) is 4.33. The Balaban J connectivity index is 2.81. The van der Waals surface area contributed by atoms with Crippen LogP contribution in [0.5, 0.6) is 5.75 Å². The molecule has 2 aromatic rings. The lowest BCUT2D eigenvalue weighted by molar-refractivity contribution is -0.137. The summed E-state index contributed by atoms with van der Waals surface area (Å²) in [6, 6.07) is 2.51. The number of alkyl halides is 3.